The Labute approximate surface area is 153 Å². The van der Waals surface area contributed by atoms with Crippen LogP contribution in [0.25, 0.3) is 0 Å². The van der Waals surface area contributed by atoms with Crippen molar-refractivity contribution in [3.8, 4) is 0 Å². The molecule has 0 fully saturated rings. The van der Waals surface area contributed by atoms with E-state index < -0.39 is 11.8 Å². The van der Waals surface area contributed by atoms with Crippen molar-refractivity contribution in [1.29, 1.82) is 0 Å². The first kappa shape index (κ1) is 18.3. The highest BCUT2D eigenvalue weighted by molar-refractivity contribution is 6.35. The number of hydrogen-bond donors (Lipinski definition) is 2. The van der Waals surface area contributed by atoms with E-state index in [1.54, 1.807) is 30.3 Å². The molecular weight excluding hydrogens is 373 g/mol. The largest absolute Gasteiger partial charge is 0.343 e. The molecule has 8 heteroatoms. The van der Waals surface area contributed by atoms with Gasteiger partial charge >= 0.3 is 0 Å². The van der Waals surface area contributed by atoms with Crippen LogP contribution in [0.15, 0.2) is 47.6 Å². The quantitative estimate of drug-likeness (QED) is 0.611. The lowest BCUT2D eigenvalue weighted by Gasteiger charge is -2.06. The van der Waals surface area contributed by atoms with Crippen molar-refractivity contribution in [2.24, 2.45) is 5.10 Å². The van der Waals surface area contributed by atoms with Crippen molar-refractivity contribution in [3.63, 3.8) is 0 Å². The average Bonchev–Trinajstić information content (AvgIpc) is 2.56. The standard InChI is InChI=1S/C16H12Cl3N3O2/c17-11-3-1-10(2-4-11)8-21-22-15(23)9-20-16(24)13-7-12(18)5-6-14(13)19/h1-8H,9H2,(H,20,24)(H,22,23)/b21-8+. The summed E-state index contributed by atoms with van der Waals surface area (Å²) in [6.07, 6.45) is 1.46. The Balaban J connectivity index is 1.83. The Morgan fingerprint density at radius 1 is 1.00 bits per heavy atom. The van der Waals surface area contributed by atoms with E-state index in [2.05, 4.69) is 15.8 Å². The molecule has 0 aliphatic carbocycles. The molecule has 0 aromatic heterocycles. The molecule has 2 N–H and O–H groups in total. The van der Waals surface area contributed by atoms with Gasteiger partial charge in [0.15, 0.2) is 0 Å². The number of carbonyl (C=O) groups is 2. The third-order valence-corrected chi connectivity index (χ3v) is 3.67. The molecule has 2 rings (SSSR count). The van der Waals surface area contributed by atoms with E-state index in [0.29, 0.717) is 10.0 Å². The lowest BCUT2D eigenvalue weighted by atomic mass is 10.2. The molecule has 0 saturated heterocycles. The smallest absolute Gasteiger partial charge is 0.259 e. The monoisotopic (exact) mass is 383 g/mol. The van der Waals surface area contributed by atoms with Crippen LogP contribution < -0.4 is 10.7 Å². The molecule has 5 nitrogen and oxygen atoms in total. The highest BCUT2D eigenvalue weighted by Gasteiger charge is 2.12. The average molecular weight is 385 g/mol. The zero-order valence-corrected chi connectivity index (χ0v) is 14.5. The molecule has 24 heavy (non-hydrogen) atoms. The summed E-state index contributed by atoms with van der Waals surface area (Å²) in [7, 11) is 0. The summed E-state index contributed by atoms with van der Waals surface area (Å²) in [5.41, 5.74) is 3.27. The van der Waals surface area contributed by atoms with Crippen molar-refractivity contribution in [1.82, 2.24) is 10.7 Å². The minimum atomic E-state index is -0.501. The second-order valence-electron chi connectivity index (χ2n) is 4.65. The topological polar surface area (TPSA) is 70.6 Å². The van der Waals surface area contributed by atoms with Crippen LogP contribution >= 0.6 is 34.8 Å². The van der Waals surface area contributed by atoms with E-state index in [1.165, 1.54) is 18.3 Å². The van der Waals surface area contributed by atoms with Crippen LogP contribution in [0, 0.1) is 0 Å². The number of benzene rings is 2. The van der Waals surface area contributed by atoms with Crippen molar-refractivity contribution in [3.05, 3.63) is 68.7 Å². The number of nitrogens with one attached hydrogen (secondary N) is 2. The molecular formula is C16H12Cl3N3O2. The van der Waals surface area contributed by atoms with Gasteiger partial charge in [0, 0.05) is 10.0 Å². The van der Waals surface area contributed by atoms with Gasteiger partial charge in [0.2, 0.25) is 0 Å². The minimum absolute atomic E-state index is 0.196. The molecule has 0 spiro atoms. The normalized spacial score (nSPS) is 10.6. The Kier molecular flexibility index (Phi) is 6.61. The molecule has 2 amide bonds. The van der Waals surface area contributed by atoms with Gasteiger partial charge in [0.25, 0.3) is 11.8 Å². The van der Waals surface area contributed by atoms with E-state index in [0.717, 1.165) is 5.56 Å². The number of rotatable bonds is 5. The van der Waals surface area contributed by atoms with E-state index in [1.807, 2.05) is 0 Å². The van der Waals surface area contributed by atoms with Gasteiger partial charge in [0.05, 0.1) is 23.3 Å². The second-order valence-corrected chi connectivity index (χ2v) is 5.93. The minimum Gasteiger partial charge on any atom is -0.343 e. The molecule has 0 heterocycles. The van der Waals surface area contributed by atoms with E-state index in [9.17, 15) is 9.59 Å². The second kappa shape index (κ2) is 8.68. The van der Waals surface area contributed by atoms with Gasteiger partial charge in [-0.2, -0.15) is 5.10 Å². The Morgan fingerprint density at radius 3 is 2.38 bits per heavy atom. The molecule has 2 aromatic carbocycles. The molecule has 0 unspecified atom stereocenters. The lowest BCUT2D eigenvalue weighted by Crippen LogP contribution is -2.35. The third-order valence-electron chi connectivity index (χ3n) is 2.86. The van der Waals surface area contributed by atoms with Crippen LogP contribution in [0.3, 0.4) is 0 Å². The first-order valence-corrected chi connectivity index (χ1v) is 7.90. The van der Waals surface area contributed by atoms with Crippen molar-refractivity contribution < 1.29 is 9.59 Å². The van der Waals surface area contributed by atoms with Crippen LogP contribution in [0.4, 0.5) is 0 Å². The van der Waals surface area contributed by atoms with Crippen LogP contribution in [-0.2, 0) is 4.79 Å². The zero-order valence-electron chi connectivity index (χ0n) is 12.2. The summed E-state index contributed by atoms with van der Waals surface area (Å²) < 4.78 is 0. The van der Waals surface area contributed by atoms with Crippen LogP contribution in [-0.4, -0.2) is 24.6 Å². The highest BCUT2D eigenvalue weighted by atomic mass is 35.5. The van der Waals surface area contributed by atoms with Gasteiger partial charge < -0.3 is 5.32 Å². The van der Waals surface area contributed by atoms with Gasteiger partial charge in [-0.15, -0.1) is 0 Å². The van der Waals surface area contributed by atoms with Crippen LogP contribution in [0.1, 0.15) is 15.9 Å². The fourth-order valence-corrected chi connectivity index (χ4v) is 2.20. The van der Waals surface area contributed by atoms with Gasteiger partial charge in [0.1, 0.15) is 0 Å². The summed E-state index contributed by atoms with van der Waals surface area (Å²) in [4.78, 5) is 23.6. The summed E-state index contributed by atoms with van der Waals surface area (Å²) in [5.74, 6) is -0.981. The molecule has 0 bridgehead atoms. The van der Waals surface area contributed by atoms with Gasteiger partial charge in [-0.1, -0.05) is 46.9 Å². The molecule has 0 radical (unpaired) electrons. The van der Waals surface area contributed by atoms with Crippen LogP contribution in [0.2, 0.25) is 15.1 Å². The lowest BCUT2D eigenvalue weighted by molar-refractivity contribution is -0.120. The SMILES string of the molecule is O=C(CNC(=O)c1cc(Cl)ccc1Cl)N/N=C/c1ccc(Cl)cc1. The maximum Gasteiger partial charge on any atom is 0.259 e. The number of halogens is 3. The van der Waals surface area contributed by atoms with Gasteiger partial charge in [-0.05, 0) is 35.9 Å². The molecule has 0 aliphatic rings. The maximum atomic E-state index is 12.0. The fourth-order valence-electron chi connectivity index (χ4n) is 1.69. The molecule has 2 aromatic rings. The first-order chi connectivity index (χ1) is 11.5. The van der Waals surface area contributed by atoms with Gasteiger partial charge in [-0.25, -0.2) is 5.43 Å². The molecule has 0 aliphatic heterocycles. The van der Waals surface area contributed by atoms with Crippen LogP contribution in [0.5, 0.6) is 0 Å². The predicted molar refractivity (Wildman–Crippen MR) is 96.0 cm³/mol. The fraction of sp³-hybridized carbons (Fsp3) is 0.0625. The van der Waals surface area contributed by atoms with Crippen molar-refractivity contribution >= 4 is 52.8 Å². The Bertz CT molecular complexity index is 777. The van der Waals surface area contributed by atoms with Crippen molar-refractivity contribution in [2.45, 2.75) is 0 Å². The van der Waals surface area contributed by atoms with Crippen molar-refractivity contribution in [2.75, 3.05) is 6.54 Å². The molecule has 124 valence electrons. The summed E-state index contributed by atoms with van der Waals surface area (Å²) in [6.45, 7) is -0.250. The number of hydrazone groups is 1. The summed E-state index contributed by atoms with van der Waals surface area (Å²) in [5, 5.41) is 7.46. The Hall–Kier alpha value is -2.08. The Morgan fingerprint density at radius 2 is 1.67 bits per heavy atom. The number of carbonyl (C=O) groups excluding carboxylic acids is 2. The number of nitrogens with zero attached hydrogens (tertiary/aromatic N) is 1. The maximum absolute atomic E-state index is 12.0. The van der Waals surface area contributed by atoms with Gasteiger partial charge in [-0.3, -0.25) is 9.59 Å². The predicted octanol–water partition coefficient (Wildman–Crippen LogP) is 3.53. The number of hydrogen-bond acceptors (Lipinski definition) is 3. The number of amides is 2. The first-order valence-electron chi connectivity index (χ1n) is 6.76. The third kappa shape index (κ3) is 5.53. The van der Waals surface area contributed by atoms with E-state index >= 15 is 0 Å². The van der Waals surface area contributed by atoms with E-state index in [-0.39, 0.29) is 17.1 Å². The molecule has 0 saturated carbocycles. The van der Waals surface area contributed by atoms with E-state index in [4.69, 9.17) is 34.8 Å². The highest BCUT2D eigenvalue weighted by Crippen LogP contribution is 2.20. The zero-order chi connectivity index (χ0) is 17.5. The summed E-state index contributed by atoms with van der Waals surface area (Å²) >= 11 is 17.5. The molecule has 0 atom stereocenters. The summed E-state index contributed by atoms with van der Waals surface area (Å²) in [6, 6.07) is 11.4.